The van der Waals surface area contributed by atoms with Crippen LogP contribution in [0.1, 0.15) is 0 Å². The number of benzene rings is 1. The van der Waals surface area contributed by atoms with Gasteiger partial charge in [-0.3, -0.25) is 0 Å². The summed E-state index contributed by atoms with van der Waals surface area (Å²) in [7, 11) is -11.5. The fraction of sp³-hybridized carbons (Fsp3) is 0. The molecule has 0 atom stereocenters. The SMILES string of the molecule is [Na+].[Na+].[Na+].[Na+].[Na+].[Na+].[Na+].[Na+].[O-]B([O-])c1ccc(B([O-])[O-])c(B([O-])[O-])c1B([O-])[O-]. The molecule has 0 amide bonds. The maximum absolute atomic E-state index is 10.8. The van der Waals surface area contributed by atoms with Crippen LogP contribution in [0.5, 0.6) is 0 Å². The molecule has 20 heteroatoms. The third kappa shape index (κ3) is 17.6. The maximum Gasteiger partial charge on any atom is 1.00 e. The van der Waals surface area contributed by atoms with Crippen LogP contribution in [0, 0.1) is 0 Å². The van der Waals surface area contributed by atoms with Gasteiger partial charge in [-0.05, 0) is 0 Å². The quantitative estimate of drug-likeness (QED) is 0.422. The molecule has 0 saturated heterocycles. The molecule has 0 radical (unpaired) electrons. The third-order valence-corrected chi connectivity index (χ3v) is 2.33. The van der Waals surface area contributed by atoms with E-state index in [-0.39, 0.29) is 236 Å². The Labute approximate surface area is 331 Å². The van der Waals surface area contributed by atoms with Crippen molar-refractivity contribution in [3.05, 3.63) is 12.1 Å². The average Bonchev–Trinajstić information content (AvgIpc) is 2.26. The molecular weight excluding hydrogens is 427 g/mol. The summed E-state index contributed by atoms with van der Waals surface area (Å²) in [6.45, 7) is 0. The zero-order valence-corrected chi connectivity index (χ0v) is 32.7. The molecule has 0 spiro atoms. The Hall–Kier alpha value is 7.16. The second-order valence-corrected chi connectivity index (χ2v) is 3.40. The minimum Gasteiger partial charge on any atom is -0.889 e. The molecule has 1 rings (SSSR count). The van der Waals surface area contributed by atoms with E-state index in [0.717, 1.165) is 0 Å². The van der Waals surface area contributed by atoms with Crippen LogP contribution in [0.15, 0.2) is 12.1 Å². The Morgan fingerprint density at radius 2 is 0.577 bits per heavy atom. The van der Waals surface area contributed by atoms with E-state index >= 15 is 0 Å². The van der Waals surface area contributed by atoms with Crippen LogP contribution in [0.25, 0.3) is 0 Å². The molecule has 0 N–H and O–H groups in total. The van der Waals surface area contributed by atoms with Crippen molar-refractivity contribution in [2.24, 2.45) is 0 Å². The van der Waals surface area contributed by atoms with Gasteiger partial charge < -0.3 is 40.2 Å². The van der Waals surface area contributed by atoms with Gasteiger partial charge >= 0.3 is 236 Å². The summed E-state index contributed by atoms with van der Waals surface area (Å²) >= 11 is 0. The van der Waals surface area contributed by atoms with Crippen LogP contribution < -0.4 is 299 Å². The van der Waals surface area contributed by atoms with Crippen molar-refractivity contribution in [3.8, 4) is 0 Å². The summed E-state index contributed by atoms with van der Waals surface area (Å²) in [4.78, 5) is 0. The Kier molecular flexibility index (Phi) is 59.2. The van der Waals surface area contributed by atoms with Crippen LogP contribution in [0.2, 0.25) is 0 Å². The van der Waals surface area contributed by atoms with E-state index in [1.807, 2.05) is 0 Å². The zero-order chi connectivity index (χ0) is 14.0. The first-order valence-electron chi connectivity index (χ1n) is 4.70. The van der Waals surface area contributed by atoms with Gasteiger partial charge in [0, 0.05) is 0 Å². The van der Waals surface area contributed by atoms with Crippen molar-refractivity contribution >= 4 is 50.3 Å². The number of hydrogen-bond donors (Lipinski definition) is 0. The molecule has 0 aromatic heterocycles. The van der Waals surface area contributed by atoms with E-state index in [4.69, 9.17) is 0 Å². The Balaban J connectivity index is -0.0000000675. The fourth-order valence-electron chi connectivity index (χ4n) is 1.61. The molecule has 1 aromatic carbocycles. The molecular formula is C6H2B4Na8O8. The van der Waals surface area contributed by atoms with Gasteiger partial charge in [-0.15, -0.1) is 21.9 Å². The summed E-state index contributed by atoms with van der Waals surface area (Å²) in [5, 5.41) is 86.2. The predicted octanol–water partition coefficient (Wildman–Crippen LogP) is -36.6. The Bertz CT molecular complexity index is 406. The van der Waals surface area contributed by atoms with Gasteiger partial charge in [0.05, 0.1) is 0 Å². The first kappa shape index (κ1) is 54.2. The zero-order valence-electron chi connectivity index (χ0n) is 16.7. The summed E-state index contributed by atoms with van der Waals surface area (Å²) < 4.78 is 0. The fourth-order valence-corrected chi connectivity index (χ4v) is 1.61. The molecule has 8 nitrogen and oxygen atoms in total. The molecule has 0 saturated carbocycles. The van der Waals surface area contributed by atoms with Crippen molar-refractivity contribution in [2.45, 2.75) is 0 Å². The van der Waals surface area contributed by atoms with Gasteiger partial charge in [-0.2, -0.15) is 0 Å². The van der Waals surface area contributed by atoms with Gasteiger partial charge in [0.25, 0.3) is 0 Å². The molecule has 1 aromatic rings. The molecule has 0 fully saturated rings. The molecule has 0 heterocycles. The van der Waals surface area contributed by atoms with Crippen LogP contribution in [-0.4, -0.2) is 28.5 Å². The van der Waals surface area contributed by atoms with Crippen molar-refractivity contribution in [1.82, 2.24) is 0 Å². The van der Waals surface area contributed by atoms with E-state index in [1.54, 1.807) is 0 Å². The van der Waals surface area contributed by atoms with Crippen LogP contribution in [-0.2, 0) is 0 Å². The molecule has 0 unspecified atom stereocenters. The van der Waals surface area contributed by atoms with E-state index in [9.17, 15) is 40.2 Å². The minimum absolute atomic E-state index is 0. The van der Waals surface area contributed by atoms with Gasteiger partial charge in [0.1, 0.15) is 0 Å². The predicted molar refractivity (Wildman–Crippen MR) is 48.0 cm³/mol. The van der Waals surface area contributed by atoms with Crippen molar-refractivity contribution < 1.29 is 277 Å². The van der Waals surface area contributed by atoms with Gasteiger partial charge in [-0.1, -0.05) is 40.6 Å². The topological polar surface area (TPSA) is 184 Å². The standard InChI is InChI=1S/C6H2B4O8.8Na/c11-7(12)3-1-2-4(8(13)14)6(10(17)18)5(3)9(15)16;;;;;;;;/h1-2H;;;;;;;;/q-8;8*+1. The normalized spacial score (nSPS) is 7.08. The summed E-state index contributed by atoms with van der Waals surface area (Å²) in [5.41, 5.74) is -4.06. The molecule has 26 heavy (non-hydrogen) atoms. The average molecular weight is 429 g/mol. The van der Waals surface area contributed by atoms with Gasteiger partial charge in [-0.25, -0.2) is 0 Å². The van der Waals surface area contributed by atoms with E-state index in [1.165, 1.54) is 0 Å². The van der Waals surface area contributed by atoms with E-state index < -0.39 is 50.3 Å². The monoisotopic (exact) mass is 430 g/mol. The van der Waals surface area contributed by atoms with Crippen LogP contribution in [0.4, 0.5) is 0 Å². The summed E-state index contributed by atoms with van der Waals surface area (Å²) in [5.74, 6) is 0. The third-order valence-electron chi connectivity index (χ3n) is 2.33. The first-order valence-corrected chi connectivity index (χ1v) is 4.70. The van der Waals surface area contributed by atoms with Crippen molar-refractivity contribution in [3.63, 3.8) is 0 Å². The maximum atomic E-state index is 10.8. The van der Waals surface area contributed by atoms with E-state index in [0.29, 0.717) is 12.1 Å². The summed E-state index contributed by atoms with van der Waals surface area (Å²) in [6, 6.07) is 1.32. The molecule has 94 valence electrons. The minimum atomic E-state index is -2.97. The van der Waals surface area contributed by atoms with Crippen molar-refractivity contribution in [2.75, 3.05) is 0 Å². The number of hydrogen-bond acceptors (Lipinski definition) is 8. The number of rotatable bonds is 4. The largest absolute Gasteiger partial charge is 1.00 e. The van der Waals surface area contributed by atoms with Crippen LogP contribution >= 0.6 is 0 Å². The van der Waals surface area contributed by atoms with Gasteiger partial charge in [0.15, 0.2) is 0 Å². The smallest absolute Gasteiger partial charge is 0.889 e. The Morgan fingerprint density at radius 3 is 0.692 bits per heavy atom. The summed E-state index contributed by atoms with van der Waals surface area (Å²) in [6.07, 6.45) is 0. The van der Waals surface area contributed by atoms with Gasteiger partial charge in [0.2, 0.25) is 0 Å². The first-order chi connectivity index (χ1) is 8.27. The second kappa shape index (κ2) is 28.4. The second-order valence-electron chi connectivity index (χ2n) is 3.40. The van der Waals surface area contributed by atoms with E-state index in [2.05, 4.69) is 0 Å². The Morgan fingerprint density at radius 1 is 0.385 bits per heavy atom. The van der Waals surface area contributed by atoms with Crippen LogP contribution in [0.3, 0.4) is 0 Å². The molecule has 0 aliphatic carbocycles. The van der Waals surface area contributed by atoms with Crippen molar-refractivity contribution in [1.29, 1.82) is 0 Å². The molecule has 0 bridgehead atoms. The molecule has 0 aliphatic heterocycles. The molecule has 0 aliphatic rings.